The monoisotopic (exact) mass is 301 g/mol. The van der Waals surface area contributed by atoms with Crippen molar-refractivity contribution in [2.45, 2.75) is 45.3 Å². The summed E-state index contributed by atoms with van der Waals surface area (Å²) in [5, 5.41) is 4.19. The van der Waals surface area contributed by atoms with Gasteiger partial charge in [-0.25, -0.2) is 4.39 Å². The van der Waals surface area contributed by atoms with Gasteiger partial charge < -0.3 is 4.90 Å². The number of nitrogens with zero attached hydrogens (tertiary/aromatic N) is 3. The van der Waals surface area contributed by atoms with Crippen LogP contribution in [0.4, 0.5) is 4.39 Å². The molecule has 0 spiro atoms. The van der Waals surface area contributed by atoms with Gasteiger partial charge in [-0.1, -0.05) is 18.2 Å². The molecule has 22 heavy (non-hydrogen) atoms. The number of amides is 1. The van der Waals surface area contributed by atoms with Crippen LogP contribution in [0.1, 0.15) is 30.4 Å². The van der Waals surface area contributed by atoms with Gasteiger partial charge in [-0.3, -0.25) is 9.48 Å². The Morgan fingerprint density at radius 2 is 2.18 bits per heavy atom. The molecule has 5 heteroatoms. The fourth-order valence-corrected chi connectivity index (χ4v) is 2.56. The molecule has 1 aromatic heterocycles. The van der Waals surface area contributed by atoms with Crippen LogP contribution in [-0.4, -0.2) is 26.6 Å². The highest BCUT2D eigenvalue weighted by molar-refractivity contribution is 5.76. The fourth-order valence-electron chi connectivity index (χ4n) is 2.56. The highest BCUT2D eigenvalue weighted by Gasteiger charge is 2.32. The molecule has 1 aliphatic rings. The van der Waals surface area contributed by atoms with E-state index >= 15 is 0 Å². The predicted molar refractivity (Wildman–Crippen MR) is 81.6 cm³/mol. The van der Waals surface area contributed by atoms with Gasteiger partial charge in [0, 0.05) is 37.3 Å². The number of benzene rings is 1. The smallest absolute Gasteiger partial charge is 0.224 e. The Balaban J connectivity index is 1.63. The van der Waals surface area contributed by atoms with Crippen LogP contribution in [0, 0.1) is 12.7 Å². The van der Waals surface area contributed by atoms with Gasteiger partial charge in [-0.2, -0.15) is 5.10 Å². The Hall–Kier alpha value is -2.17. The first-order valence-corrected chi connectivity index (χ1v) is 7.65. The third kappa shape index (κ3) is 3.53. The van der Waals surface area contributed by atoms with Gasteiger partial charge in [0.05, 0.1) is 6.20 Å². The van der Waals surface area contributed by atoms with Gasteiger partial charge in [0.15, 0.2) is 0 Å². The molecule has 0 unspecified atom stereocenters. The second-order valence-corrected chi connectivity index (χ2v) is 5.87. The molecule has 1 amide bonds. The highest BCUT2D eigenvalue weighted by Crippen LogP contribution is 2.29. The van der Waals surface area contributed by atoms with Crippen molar-refractivity contribution in [2.24, 2.45) is 0 Å². The van der Waals surface area contributed by atoms with Crippen LogP contribution in [0.15, 0.2) is 36.7 Å². The molecule has 0 atom stereocenters. The number of carbonyl (C=O) groups excluding carboxylic acids is 1. The number of aryl methyl sites for hydroxylation is 2. The van der Waals surface area contributed by atoms with Crippen LogP contribution in [0.25, 0.3) is 0 Å². The minimum atomic E-state index is -0.247. The molecule has 0 N–H and O–H groups in total. The molecule has 1 saturated carbocycles. The molecular weight excluding hydrogens is 281 g/mol. The average Bonchev–Trinajstić information content (AvgIpc) is 3.26. The van der Waals surface area contributed by atoms with E-state index in [1.54, 1.807) is 29.1 Å². The van der Waals surface area contributed by atoms with Crippen LogP contribution in [0.5, 0.6) is 0 Å². The maximum atomic E-state index is 13.8. The normalized spacial score (nSPS) is 14.1. The Morgan fingerprint density at radius 1 is 1.41 bits per heavy atom. The quantitative estimate of drug-likeness (QED) is 0.823. The first-order valence-electron chi connectivity index (χ1n) is 7.65. The first kappa shape index (κ1) is 14.8. The number of hydrogen-bond acceptors (Lipinski definition) is 2. The average molecular weight is 301 g/mol. The molecule has 0 bridgehead atoms. The molecule has 2 aromatic rings. The van der Waals surface area contributed by atoms with Crippen molar-refractivity contribution in [2.75, 3.05) is 0 Å². The fraction of sp³-hybridized carbons (Fsp3) is 0.412. The summed E-state index contributed by atoms with van der Waals surface area (Å²) in [5.74, 6) is -0.178. The molecule has 1 heterocycles. The summed E-state index contributed by atoms with van der Waals surface area (Å²) in [4.78, 5) is 14.3. The molecule has 0 saturated heterocycles. The summed E-state index contributed by atoms with van der Waals surface area (Å²) >= 11 is 0. The van der Waals surface area contributed by atoms with E-state index in [1.165, 1.54) is 6.07 Å². The summed E-state index contributed by atoms with van der Waals surface area (Å²) in [6, 6.07) is 6.93. The molecular formula is C17H20FN3O. The van der Waals surface area contributed by atoms with Gasteiger partial charge in [0.1, 0.15) is 5.82 Å². The van der Waals surface area contributed by atoms with Crippen molar-refractivity contribution >= 4 is 5.91 Å². The third-order valence-electron chi connectivity index (χ3n) is 3.92. The lowest BCUT2D eigenvalue weighted by Crippen LogP contribution is -2.33. The molecule has 3 rings (SSSR count). The Morgan fingerprint density at radius 3 is 2.82 bits per heavy atom. The Kier molecular flexibility index (Phi) is 4.22. The number of aromatic nitrogens is 2. The second-order valence-electron chi connectivity index (χ2n) is 5.87. The zero-order chi connectivity index (χ0) is 15.5. The molecule has 0 radical (unpaired) electrons. The van der Waals surface area contributed by atoms with E-state index in [1.807, 2.05) is 18.0 Å². The topological polar surface area (TPSA) is 38.1 Å². The molecule has 1 aromatic carbocycles. The highest BCUT2D eigenvalue weighted by atomic mass is 19.1. The number of hydrogen-bond donors (Lipinski definition) is 0. The SMILES string of the molecule is Cc1cnn(CCC(=O)N(Cc2ccccc2F)C2CC2)c1. The number of halogens is 1. The maximum absolute atomic E-state index is 13.8. The van der Waals surface area contributed by atoms with Crippen molar-refractivity contribution in [3.8, 4) is 0 Å². The van der Waals surface area contributed by atoms with Gasteiger partial charge in [0.25, 0.3) is 0 Å². The zero-order valence-electron chi connectivity index (χ0n) is 12.7. The van der Waals surface area contributed by atoms with Gasteiger partial charge in [-0.15, -0.1) is 0 Å². The zero-order valence-corrected chi connectivity index (χ0v) is 12.7. The summed E-state index contributed by atoms with van der Waals surface area (Å²) in [6.07, 6.45) is 6.13. The van der Waals surface area contributed by atoms with E-state index < -0.39 is 0 Å². The van der Waals surface area contributed by atoms with Crippen LogP contribution >= 0.6 is 0 Å². The van der Waals surface area contributed by atoms with Crippen molar-refractivity contribution in [1.29, 1.82) is 0 Å². The molecule has 1 fully saturated rings. The number of rotatable bonds is 6. The van der Waals surface area contributed by atoms with E-state index in [0.717, 1.165) is 18.4 Å². The lowest BCUT2D eigenvalue weighted by atomic mass is 10.2. The van der Waals surface area contributed by atoms with Crippen molar-refractivity contribution in [3.63, 3.8) is 0 Å². The van der Waals surface area contributed by atoms with Gasteiger partial charge in [0.2, 0.25) is 5.91 Å². The molecule has 1 aliphatic carbocycles. The van der Waals surface area contributed by atoms with E-state index in [0.29, 0.717) is 25.1 Å². The summed E-state index contributed by atoms with van der Waals surface area (Å²) < 4.78 is 15.6. The van der Waals surface area contributed by atoms with E-state index in [2.05, 4.69) is 5.10 Å². The predicted octanol–water partition coefficient (Wildman–Crippen LogP) is 2.91. The Bertz CT molecular complexity index is 663. The summed E-state index contributed by atoms with van der Waals surface area (Å²) in [6.45, 7) is 2.89. The standard InChI is InChI=1S/C17H20FN3O/c1-13-10-19-20(11-13)9-8-17(22)21(15-6-7-15)12-14-4-2-3-5-16(14)18/h2-5,10-11,15H,6-9,12H2,1H3. The third-order valence-corrected chi connectivity index (χ3v) is 3.92. The number of carbonyl (C=O) groups is 1. The van der Waals surface area contributed by atoms with Crippen molar-refractivity contribution < 1.29 is 9.18 Å². The van der Waals surface area contributed by atoms with E-state index in [4.69, 9.17) is 0 Å². The van der Waals surface area contributed by atoms with Gasteiger partial charge >= 0.3 is 0 Å². The second kappa shape index (κ2) is 6.30. The summed E-state index contributed by atoms with van der Waals surface area (Å²) in [7, 11) is 0. The van der Waals surface area contributed by atoms with Crippen LogP contribution in [-0.2, 0) is 17.9 Å². The summed E-state index contributed by atoms with van der Waals surface area (Å²) in [5.41, 5.74) is 1.66. The van der Waals surface area contributed by atoms with Crippen LogP contribution in [0.3, 0.4) is 0 Å². The van der Waals surface area contributed by atoms with E-state index in [9.17, 15) is 9.18 Å². The largest absolute Gasteiger partial charge is 0.335 e. The lowest BCUT2D eigenvalue weighted by Gasteiger charge is -2.23. The van der Waals surface area contributed by atoms with Crippen molar-refractivity contribution in [3.05, 3.63) is 53.6 Å². The minimum Gasteiger partial charge on any atom is -0.335 e. The molecule has 0 aliphatic heterocycles. The lowest BCUT2D eigenvalue weighted by molar-refractivity contribution is -0.132. The maximum Gasteiger partial charge on any atom is 0.224 e. The molecule has 116 valence electrons. The van der Waals surface area contributed by atoms with Crippen LogP contribution < -0.4 is 0 Å². The first-order chi connectivity index (χ1) is 10.6. The molecule has 4 nitrogen and oxygen atoms in total. The minimum absolute atomic E-state index is 0.0684. The van der Waals surface area contributed by atoms with E-state index in [-0.39, 0.29) is 17.8 Å². The Labute approximate surface area is 129 Å². The van der Waals surface area contributed by atoms with Crippen molar-refractivity contribution in [1.82, 2.24) is 14.7 Å². The van der Waals surface area contributed by atoms with Gasteiger partial charge in [-0.05, 0) is 31.4 Å². The van der Waals surface area contributed by atoms with Crippen LogP contribution in [0.2, 0.25) is 0 Å².